The number of aromatic nitrogens is 2. The highest BCUT2D eigenvalue weighted by Gasteiger charge is 2.45. The van der Waals surface area contributed by atoms with Crippen LogP contribution in [-0.4, -0.2) is 45.2 Å². The lowest BCUT2D eigenvalue weighted by Crippen LogP contribution is -2.58. The van der Waals surface area contributed by atoms with Gasteiger partial charge < -0.3 is 4.74 Å². The van der Waals surface area contributed by atoms with Crippen LogP contribution in [0.5, 0.6) is 0 Å². The van der Waals surface area contributed by atoms with Crippen molar-refractivity contribution < 1.29 is 9.53 Å². The summed E-state index contributed by atoms with van der Waals surface area (Å²) in [5.41, 5.74) is 0.468. The Morgan fingerprint density at radius 1 is 0.912 bits per heavy atom. The van der Waals surface area contributed by atoms with Crippen molar-refractivity contribution in [3.8, 4) is 0 Å². The predicted octanol–water partition coefficient (Wildman–Crippen LogP) is 5.10. The van der Waals surface area contributed by atoms with Gasteiger partial charge in [-0.3, -0.25) is 14.3 Å². The zero-order chi connectivity index (χ0) is 23.2. The molecule has 6 atom stereocenters. The van der Waals surface area contributed by atoms with Crippen LogP contribution in [0.4, 0.5) is 0 Å². The first kappa shape index (κ1) is 22.3. The van der Waals surface area contributed by atoms with Crippen LogP contribution >= 0.6 is 0 Å². The van der Waals surface area contributed by atoms with Crippen LogP contribution in [-0.2, 0) is 4.74 Å². The number of hydrogen-bond acceptors (Lipinski definition) is 5. The van der Waals surface area contributed by atoms with E-state index in [1.54, 1.807) is 17.6 Å². The van der Waals surface area contributed by atoms with E-state index in [4.69, 9.17) is 4.74 Å². The molecule has 4 fully saturated rings. The Morgan fingerprint density at radius 2 is 1.59 bits per heavy atom. The highest BCUT2D eigenvalue weighted by Crippen LogP contribution is 2.47. The minimum atomic E-state index is -0.488. The molecule has 6 nitrogen and oxygen atoms in total. The molecule has 2 aromatic rings. The molecule has 6 rings (SSSR count). The molecule has 0 spiro atoms. The van der Waals surface area contributed by atoms with Gasteiger partial charge in [-0.25, -0.2) is 9.78 Å². The van der Waals surface area contributed by atoms with Crippen molar-refractivity contribution in [2.75, 3.05) is 6.61 Å². The van der Waals surface area contributed by atoms with E-state index in [2.05, 4.69) is 9.88 Å². The number of carbonyl (C=O) groups is 1. The summed E-state index contributed by atoms with van der Waals surface area (Å²) in [6.45, 7) is 2.07. The number of nitrogens with zero attached hydrogens (tertiary/aromatic N) is 3. The molecule has 2 aliphatic carbocycles. The number of esters is 1. The van der Waals surface area contributed by atoms with Crippen LogP contribution in [0.3, 0.4) is 0 Å². The fourth-order valence-electron chi connectivity index (χ4n) is 7.96. The molecule has 2 saturated heterocycles. The minimum Gasteiger partial charge on any atom is -0.460 e. The van der Waals surface area contributed by atoms with Gasteiger partial charge in [-0.15, -0.1) is 0 Å². The quantitative estimate of drug-likeness (QED) is 0.590. The van der Waals surface area contributed by atoms with Gasteiger partial charge in [0.2, 0.25) is 5.82 Å². The fraction of sp³-hybridized carbons (Fsp3) is 0.679. The van der Waals surface area contributed by atoms with Crippen LogP contribution in [0.25, 0.3) is 10.9 Å². The molecule has 6 heteroatoms. The Balaban J connectivity index is 1.34. The summed E-state index contributed by atoms with van der Waals surface area (Å²) in [4.78, 5) is 34.1. The summed E-state index contributed by atoms with van der Waals surface area (Å²) in [5.74, 6) is 1.52. The summed E-state index contributed by atoms with van der Waals surface area (Å²) < 4.78 is 7.05. The lowest BCUT2D eigenvalue weighted by atomic mass is 9.68. The number of ether oxygens (including phenoxy) is 1. The summed E-state index contributed by atoms with van der Waals surface area (Å²) in [7, 11) is 0. The smallest absolute Gasteiger partial charge is 0.374 e. The van der Waals surface area contributed by atoms with Crippen molar-refractivity contribution >= 4 is 16.9 Å². The van der Waals surface area contributed by atoms with Gasteiger partial charge in [0, 0.05) is 24.2 Å². The maximum Gasteiger partial charge on any atom is 0.374 e. The third kappa shape index (κ3) is 3.88. The Labute approximate surface area is 201 Å². The Hall–Kier alpha value is -2.21. The molecule has 3 heterocycles. The van der Waals surface area contributed by atoms with Gasteiger partial charge in [-0.1, -0.05) is 37.8 Å². The summed E-state index contributed by atoms with van der Waals surface area (Å²) in [6.07, 6.45) is 13.9. The Bertz CT molecular complexity index is 1100. The average molecular weight is 464 g/mol. The molecule has 182 valence electrons. The standard InChI is InChI=1S/C28H37N3O3/c1-2-34-28(33)26-29-25-12-4-3-11-24(25)27(32)31(26)23-16-20-9-6-10-21(17-23)30(20)22-14-18-7-5-8-19(13-18)15-22/h3-4,11-12,18-23H,2,5-10,13-17H2,1H3/t18-,19+,20-,21+,22+,23?. The second kappa shape index (κ2) is 9.10. The molecule has 1 aromatic heterocycles. The van der Waals surface area contributed by atoms with E-state index in [1.165, 1.54) is 57.8 Å². The SMILES string of the molecule is CCOC(=O)c1nc2ccccc2c(=O)n1C1C[C@H]2CCC[C@@H](C1)N2[C@H]1C[C@@H]2CCC[C@@H](C2)C1. The Kier molecular flexibility index (Phi) is 5.96. The molecule has 1 aromatic carbocycles. The molecule has 1 unspecified atom stereocenters. The highest BCUT2D eigenvalue weighted by molar-refractivity contribution is 5.89. The molecule has 4 bridgehead atoms. The first-order valence-corrected chi connectivity index (χ1v) is 13.6. The van der Waals surface area contributed by atoms with Crippen molar-refractivity contribution in [1.29, 1.82) is 0 Å². The number of hydrogen-bond donors (Lipinski definition) is 0. The molecule has 0 amide bonds. The van der Waals surface area contributed by atoms with Crippen molar-refractivity contribution in [1.82, 2.24) is 14.5 Å². The van der Waals surface area contributed by atoms with Gasteiger partial charge in [0.1, 0.15) is 0 Å². The zero-order valence-electron chi connectivity index (χ0n) is 20.3. The highest BCUT2D eigenvalue weighted by atomic mass is 16.5. The maximum atomic E-state index is 13.7. The van der Waals surface area contributed by atoms with E-state index in [0.717, 1.165) is 24.7 Å². The summed E-state index contributed by atoms with van der Waals surface area (Å²) in [5, 5.41) is 0.586. The van der Waals surface area contributed by atoms with Crippen LogP contribution in [0.2, 0.25) is 0 Å². The molecule has 4 aliphatic rings. The number of rotatable bonds is 4. The normalized spacial score (nSPS) is 33.6. The van der Waals surface area contributed by atoms with Crippen LogP contribution in [0.1, 0.15) is 94.2 Å². The average Bonchev–Trinajstić information content (AvgIpc) is 2.83. The van der Waals surface area contributed by atoms with Crippen molar-refractivity contribution in [3.63, 3.8) is 0 Å². The second-order valence-corrected chi connectivity index (χ2v) is 11.2. The maximum absolute atomic E-state index is 13.7. The molecule has 0 radical (unpaired) electrons. The lowest BCUT2D eigenvalue weighted by Gasteiger charge is -2.55. The van der Waals surface area contributed by atoms with Crippen molar-refractivity contribution in [2.45, 2.75) is 102 Å². The number of benzene rings is 1. The molecule has 2 aliphatic heterocycles. The van der Waals surface area contributed by atoms with E-state index >= 15 is 0 Å². The third-order valence-corrected chi connectivity index (χ3v) is 9.16. The number of fused-ring (bicyclic) bond motifs is 5. The van der Waals surface area contributed by atoms with E-state index in [9.17, 15) is 9.59 Å². The van der Waals surface area contributed by atoms with E-state index in [-0.39, 0.29) is 24.0 Å². The minimum absolute atomic E-state index is 0.00125. The molecule has 34 heavy (non-hydrogen) atoms. The van der Waals surface area contributed by atoms with Crippen molar-refractivity contribution in [2.24, 2.45) is 11.8 Å². The first-order valence-electron chi connectivity index (χ1n) is 13.6. The number of carbonyl (C=O) groups excluding carboxylic acids is 1. The van der Waals surface area contributed by atoms with E-state index < -0.39 is 5.97 Å². The lowest BCUT2D eigenvalue weighted by molar-refractivity contribution is -0.0495. The second-order valence-electron chi connectivity index (χ2n) is 11.2. The number of para-hydroxylation sites is 1. The van der Waals surface area contributed by atoms with Gasteiger partial charge in [0.15, 0.2) is 0 Å². The first-order chi connectivity index (χ1) is 16.6. The number of piperidine rings is 2. The van der Waals surface area contributed by atoms with Crippen molar-refractivity contribution in [3.05, 3.63) is 40.4 Å². The van der Waals surface area contributed by atoms with Gasteiger partial charge in [-0.05, 0) is 75.8 Å². The molecular formula is C28H37N3O3. The Morgan fingerprint density at radius 3 is 2.29 bits per heavy atom. The molecular weight excluding hydrogens is 426 g/mol. The largest absolute Gasteiger partial charge is 0.460 e. The zero-order valence-corrected chi connectivity index (χ0v) is 20.3. The van der Waals surface area contributed by atoms with E-state index in [0.29, 0.717) is 29.0 Å². The van der Waals surface area contributed by atoms with Crippen LogP contribution < -0.4 is 5.56 Å². The van der Waals surface area contributed by atoms with Gasteiger partial charge in [0.05, 0.1) is 17.5 Å². The van der Waals surface area contributed by atoms with Gasteiger partial charge >= 0.3 is 5.97 Å². The summed E-state index contributed by atoms with van der Waals surface area (Å²) >= 11 is 0. The fourth-order valence-corrected chi connectivity index (χ4v) is 7.96. The third-order valence-electron chi connectivity index (χ3n) is 9.16. The van der Waals surface area contributed by atoms with E-state index in [1.807, 2.05) is 18.2 Å². The van der Waals surface area contributed by atoms with Crippen LogP contribution in [0.15, 0.2) is 29.1 Å². The monoisotopic (exact) mass is 463 g/mol. The van der Waals surface area contributed by atoms with Gasteiger partial charge in [0.25, 0.3) is 5.56 Å². The topological polar surface area (TPSA) is 64.4 Å². The van der Waals surface area contributed by atoms with Gasteiger partial charge in [-0.2, -0.15) is 0 Å². The molecule has 2 saturated carbocycles. The summed E-state index contributed by atoms with van der Waals surface area (Å²) in [6, 6.07) is 9.06. The predicted molar refractivity (Wildman–Crippen MR) is 132 cm³/mol. The molecule has 0 N–H and O–H groups in total. The van der Waals surface area contributed by atoms with Crippen LogP contribution in [0, 0.1) is 11.8 Å².